The molecule has 0 radical (unpaired) electrons. The Morgan fingerprint density at radius 3 is 2.42 bits per heavy atom. The maximum Gasteiger partial charge on any atom is 0.251 e. The molecule has 2 N–H and O–H groups in total. The smallest absolute Gasteiger partial charge is 0.251 e. The molecule has 0 aliphatic rings. The first kappa shape index (κ1) is 15.7. The van der Waals surface area contributed by atoms with Crippen molar-refractivity contribution < 1.29 is 9.90 Å². The summed E-state index contributed by atoms with van der Waals surface area (Å²) in [5.41, 5.74) is 1.94. The van der Waals surface area contributed by atoms with Crippen LogP contribution in [0, 0.1) is 0 Å². The summed E-state index contributed by atoms with van der Waals surface area (Å²) in [4.78, 5) is 11.9. The lowest BCUT2D eigenvalue weighted by Crippen LogP contribution is -2.36. The Hall–Kier alpha value is -1.35. The average Bonchev–Trinajstić information content (AvgIpc) is 2.45. The van der Waals surface area contributed by atoms with Crippen molar-refractivity contribution in [1.82, 2.24) is 5.32 Å². The van der Waals surface area contributed by atoms with Gasteiger partial charge in [-0.1, -0.05) is 38.8 Å². The van der Waals surface area contributed by atoms with E-state index in [1.54, 1.807) is 0 Å². The standard InChI is InChI=1S/C16H25NO2/c1-3-5-6-7-13-8-10-14(11-9-13)16(19)17-15(4-2)12-18/h8-11,15,18H,3-7,12H2,1-2H3,(H,17,19)/t15-/m1/s1. The summed E-state index contributed by atoms with van der Waals surface area (Å²) in [5.74, 6) is -0.110. The van der Waals surface area contributed by atoms with Crippen LogP contribution >= 0.6 is 0 Å². The predicted octanol–water partition coefficient (Wildman–Crippen LogP) is 2.92. The maximum absolute atomic E-state index is 11.9. The van der Waals surface area contributed by atoms with Gasteiger partial charge in [-0.2, -0.15) is 0 Å². The number of aliphatic hydroxyl groups is 1. The molecule has 1 aromatic carbocycles. The van der Waals surface area contributed by atoms with Gasteiger partial charge in [-0.3, -0.25) is 4.79 Å². The van der Waals surface area contributed by atoms with Gasteiger partial charge < -0.3 is 10.4 Å². The van der Waals surface area contributed by atoms with Crippen molar-refractivity contribution >= 4 is 5.91 Å². The summed E-state index contributed by atoms with van der Waals surface area (Å²) >= 11 is 0. The van der Waals surface area contributed by atoms with Gasteiger partial charge in [0.25, 0.3) is 5.91 Å². The van der Waals surface area contributed by atoms with Gasteiger partial charge in [-0.15, -0.1) is 0 Å². The summed E-state index contributed by atoms with van der Waals surface area (Å²) in [6.07, 6.45) is 5.47. The quantitative estimate of drug-likeness (QED) is 0.708. The van der Waals surface area contributed by atoms with Crippen molar-refractivity contribution in [2.45, 2.75) is 52.0 Å². The van der Waals surface area contributed by atoms with E-state index < -0.39 is 0 Å². The Bertz CT molecular complexity index is 369. The molecule has 0 fully saturated rings. The zero-order valence-corrected chi connectivity index (χ0v) is 12.0. The second-order valence-electron chi connectivity index (χ2n) is 4.92. The van der Waals surface area contributed by atoms with Crippen LogP contribution in [0.5, 0.6) is 0 Å². The van der Waals surface area contributed by atoms with Gasteiger partial charge in [0.05, 0.1) is 12.6 Å². The van der Waals surface area contributed by atoms with Crippen LogP contribution in [0.3, 0.4) is 0 Å². The van der Waals surface area contributed by atoms with Crippen LogP contribution in [0.4, 0.5) is 0 Å². The molecule has 0 aliphatic carbocycles. The molecule has 1 aromatic rings. The molecule has 0 spiro atoms. The first-order valence-electron chi connectivity index (χ1n) is 7.21. The molecule has 1 atom stereocenters. The lowest BCUT2D eigenvalue weighted by atomic mass is 10.0. The van der Waals surface area contributed by atoms with Crippen molar-refractivity contribution in [3.8, 4) is 0 Å². The molecule has 19 heavy (non-hydrogen) atoms. The third-order valence-electron chi connectivity index (χ3n) is 3.33. The van der Waals surface area contributed by atoms with Crippen LogP contribution in [-0.4, -0.2) is 23.7 Å². The highest BCUT2D eigenvalue weighted by Crippen LogP contribution is 2.09. The molecule has 3 heteroatoms. The highest BCUT2D eigenvalue weighted by molar-refractivity contribution is 5.94. The molecule has 0 aliphatic heterocycles. The van der Waals surface area contributed by atoms with Gasteiger partial charge in [0, 0.05) is 5.56 Å². The number of carbonyl (C=O) groups excluding carboxylic acids is 1. The fourth-order valence-corrected chi connectivity index (χ4v) is 1.95. The van der Waals surface area contributed by atoms with E-state index in [1.807, 2.05) is 31.2 Å². The number of rotatable bonds is 8. The van der Waals surface area contributed by atoms with Crippen molar-refractivity contribution in [3.63, 3.8) is 0 Å². The fraction of sp³-hybridized carbons (Fsp3) is 0.562. The van der Waals surface area contributed by atoms with Crippen LogP contribution in [0.1, 0.15) is 55.5 Å². The number of unbranched alkanes of at least 4 members (excludes halogenated alkanes) is 2. The third kappa shape index (κ3) is 5.43. The summed E-state index contributed by atoms with van der Waals surface area (Å²) < 4.78 is 0. The SMILES string of the molecule is CCCCCc1ccc(C(=O)N[C@H](CC)CO)cc1. The predicted molar refractivity (Wildman–Crippen MR) is 78.3 cm³/mol. The number of hydrogen-bond donors (Lipinski definition) is 2. The number of carbonyl (C=O) groups is 1. The van der Waals surface area contributed by atoms with E-state index in [0.717, 1.165) is 12.8 Å². The monoisotopic (exact) mass is 263 g/mol. The van der Waals surface area contributed by atoms with Gasteiger partial charge >= 0.3 is 0 Å². The van der Waals surface area contributed by atoms with E-state index in [0.29, 0.717) is 5.56 Å². The van der Waals surface area contributed by atoms with Gasteiger partial charge in [-0.05, 0) is 37.0 Å². The van der Waals surface area contributed by atoms with Crippen LogP contribution in [-0.2, 0) is 6.42 Å². The maximum atomic E-state index is 11.9. The first-order chi connectivity index (χ1) is 9.21. The zero-order valence-electron chi connectivity index (χ0n) is 12.0. The summed E-state index contributed by atoms with van der Waals surface area (Å²) in [6, 6.07) is 7.60. The lowest BCUT2D eigenvalue weighted by Gasteiger charge is -2.14. The van der Waals surface area contributed by atoms with Crippen LogP contribution < -0.4 is 5.32 Å². The van der Waals surface area contributed by atoms with Crippen LogP contribution in [0.25, 0.3) is 0 Å². The van der Waals surface area contributed by atoms with E-state index in [4.69, 9.17) is 5.11 Å². The Kier molecular flexibility index (Phi) is 7.19. The summed E-state index contributed by atoms with van der Waals surface area (Å²) in [5, 5.41) is 11.9. The second-order valence-corrected chi connectivity index (χ2v) is 4.92. The molecule has 0 bridgehead atoms. The third-order valence-corrected chi connectivity index (χ3v) is 3.33. The number of nitrogens with one attached hydrogen (secondary N) is 1. The Labute approximate surface area is 116 Å². The van der Waals surface area contributed by atoms with Gasteiger partial charge in [0.1, 0.15) is 0 Å². The molecular weight excluding hydrogens is 238 g/mol. The average molecular weight is 263 g/mol. The van der Waals surface area contributed by atoms with E-state index in [9.17, 15) is 4.79 Å². The molecule has 0 saturated heterocycles. The molecule has 106 valence electrons. The normalized spacial score (nSPS) is 12.2. The van der Waals surface area contributed by atoms with Gasteiger partial charge in [0.2, 0.25) is 0 Å². The second kappa shape index (κ2) is 8.70. The Balaban J connectivity index is 2.52. The topological polar surface area (TPSA) is 49.3 Å². The molecular formula is C16H25NO2. The number of hydrogen-bond acceptors (Lipinski definition) is 2. The lowest BCUT2D eigenvalue weighted by molar-refractivity contribution is 0.0915. The van der Waals surface area contributed by atoms with Crippen molar-refractivity contribution in [2.24, 2.45) is 0 Å². The minimum atomic E-state index is -0.156. The highest BCUT2D eigenvalue weighted by Gasteiger charge is 2.10. The molecule has 3 nitrogen and oxygen atoms in total. The molecule has 0 unspecified atom stereocenters. The van der Waals surface area contributed by atoms with Crippen molar-refractivity contribution in [1.29, 1.82) is 0 Å². The summed E-state index contributed by atoms with van der Waals surface area (Å²) in [6.45, 7) is 4.12. The number of aliphatic hydroxyl groups excluding tert-OH is 1. The minimum absolute atomic E-state index is 0.0165. The molecule has 0 saturated carbocycles. The molecule has 1 amide bonds. The van der Waals surface area contributed by atoms with Gasteiger partial charge in [0.15, 0.2) is 0 Å². The van der Waals surface area contributed by atoms with Crippen LogP contribution in [0.15, 0.2) is 24.3 Å². The largest absolute Gasteiger partial charge is 0.394 e. The molecule has 0 aromatic heterocycles. The number of aryl methyl sites for hydroxylation is 1. The minimum Gasteiger partial charge on any atom is -0.394 e. The van der Waals surface area contributed by atoms with E-state index in [-0.39, 0.29) is 18.6 Å². The summed E-state index contributed by atoms with van der Waals surface area (Å²) in [7, 11) is 0. The molecule has 1 rings (SSSR count). The van der Waals surface area contributed by atoms with Crippen molar-refractivity contribution in [3.05, 3.63) is 35.4 Å². The van der Waals surface area contributed by atoms with E-state index in [2.05, 4.69) is 12.2 Å². The van der Waals surface area contributed by atoms with E-state index in [1.165, 1.54) is 24.8 Å². The number of benzene rings is 1. The highest BCUT2D eigenvalue weighted by atomic mass is 16.3. The van der Waals surface area contributed by atoms with E-state index >= 15 is 0 Å². The van der Waals surface area contributed by atoms with Gasteiger partial charge in [-0.25, -0.2) is 0 Å². The Morgan fingerprint density at radius 1 is 1.21 bits per heavy atom. The Morgan fingerprint density at radius 2 is 1.89 bits per heavy atom. The zero-order chi connectivity index (χ0) is 14.1. The fourth-order valence-electron chi connectivity index (χ4n) is 1.95. The van der Waals surface area contributed by atoms with Crippen LogP contribution in [0.2, 0.25) is 0 Å². The first-order valence-corrected chi connectivity index (χ1v) is 7.21. The molecule has 0 heterocycles. The van der Waals surface area contributed by atoms with Crippen molar-refractivity contribution in [2.75, 3.05) is 6.61 Å². The number of amides is 1.